The number of benzene rings is 3. The lowest BCUT2D eigenvalue weighted by molar-refractivity contribution is -0.301. The lowest BCUT2D eigenvalue weighted by Gasteiger charge is -2.41. The maximum atomic E-state index is 14.6. The fraction of sp³-hybridized carbons (Fsp3) is 0.405. The van der Waals surface area contributed by atoms with Gasteiger partial charge in [0.25, 0.3) is 0 Å². The molecule has 5 rings (SSSR count). The van der Waals surface area contributed by atoms with Crippen LogP contribution in [0.3, 0.4) is 0 Å². The van der Waals surface area contributed by atoms with Gasteiger partial charge in [-0.1, -0.05) is 56.3 Å². The van der Waals surface area contributed by atoms with E-state index in [4.69, 9.17) is 14.2 Å². The first-order valence-corrected chi connectivity index (χ1v) is 17.5. The molecule has 0 aliphatic carbocycles. The van der Waals surface area contributed by atoms with E-state index in [2.05, 4.69) is 18.4 Å². The summed E-state index contributed by atoms with van der Waals surface area (Å²) in [5.41, 5.74) is 4.83. The summed E-state index contributed by atoms with van der Waals surface area (Å²) in [4.78, 5) is 38.8. The maximum Gasteiger partial charge on any atom is 0.335 e. The van der Waals surface area contributed by atoms with Gasteiger partial charge in [-0.15, -0.1) is 0 Å². The summed E-state index contributed by atoms with van der Waals surface area (Å²) in [6.07, 6.45) is 0.540. The largest absolute Gasteiger partial charge is 0.478 e. The number of carboxylic acids is 1. The first-order valence-electron chi connectivity index (χ1n) is 17.5. The number of nitrogens with zero attached hydrogens (tertiary/aromatic N) is 1. The molecule has 0 saturated carbocycles. The third-order valence-corrected chi connectivity index (χ3v) is 8.79. The minimum Gasteiger partial charge on any atom is -0.478 e. The van der Waals surface area contributed by atoms with Crippen molar-refractivity contribution >= 4 is 17.7 Å². The number of carboxylic acid groups (broad SMARTS) is 1. The first-order chi connectivity index (χ1) is 24.0. The quantitative estimate of drug-likeness (QED) is 0.116. The Morgan fingerprint density at radius 3 is 2.14 bits per heavy atom. The molecule has 51 heavy (non-hydrogen) atoms. The average Bonchev–Trinajstić information content (AvgIpc) is 3.39. The van der Waals surface area contributed by atoms with E-state index in [0.29, 0.717) is 30.5 Å². The molecule has 1 aliphatic rings. The molecule has 1 N–H and O–H groups in total. The second-order valence-electron chi connectivity index (χ2n) is 15.0. The van der Waals surface area contributed by atoms with Crippen molar-refractivity contribution in [3.05, 3.63) is 107 Å². The molecule has 270 valence electrons. The Morgan fingerprint density at radius 1 is 0.922 bits per heavy atom. The average molecular weight is 698 g/mol. The fourth-order valence-electron chi connectivity index (χ4n) is 6.95. The SMILES string of the molecule is CC(C)c1c(C(=O)Cc2ccc(C(=O)O)cc2)c(-c2ccccc2)c(-c2ccc(F)cc2)n1CC[C@@H]1C[C@H](CC(=O)OC(C)(C)C)OC(C)(C)O1. The zero-order valence-electron chi connectivity index (χ0n) is 30.5. The molecule has 0 amide bonds. The third kappa shape index (κ3) is 9.40. The van der Waals surface area contributed by atoms with E-state index in [1.807, 2.05) is 65.0 Å². The van der Waals surface area contributed by atoms with Gasteiger partial charge in [-0.2, -0.15) is 0 Å². The van der Waals surface area contributed by atoms with E-state index in [9.17, 15) is 23.9 Å². The molecule has 9 heteroatoms. The Kier molecular flexibility index (Phi) is 11.3. The summed E-state index contributed by atoms with van der Waals surface area (Å²) in [6, 6.07) is 22.4. The second kappa shape index (κ2) is 15.3. The van der Waals surface area contributed by atoms with E-state index in [1.165, 1.54) is 24.3 Å². The third-order valence-electron chi connectivity index (χ3n) is 8.79. The van der Waals surface area contributed by atoms with E-state index in [-0.39, 0.29) is 48.0 Å². The van der Waals surface area contributed by atoms with Crippen LogP contribution in [-0.2, 0) is 32.0 Å². The Bertz CT molecular complexity index is 1850. The molecule has 1 aliphatic heterocycles. The van der Waals surface area contributed by atoms with Crippen LogP contribution in [-0.4, -0.2) is 51.0 Å². The number of Topliss-reactive ketones (excluding diaryl/α,β-unsaturated/α-hetero) is 1. The number of aromatic carboxylic acids is 1. The van der Waals surface area contributed by atoms with Crippen LogP contribution in [0.15, 0.2) is 78.9 Å². The minimum absolute atomic E-state index is 0.0654. The molecule has 1 fully saturated rings. The van der Waals surface area contributed by atoms with E-state index < -0.39 is 23.5 Å². The van der Waals surface area contributed by atoms with Crippen LogP contribution in [0.25, 0.3) is 22.4 Å². The number of hydrogen-bond acceptors (Lipinski definition) is 6. The van der Waals surface area contributed by atoms with Gasteiger partial charge < -0.3 is 23.9 Å². The highest BCUT2D eigenvalue weighted by atomic mass is 19.1. The van der Waals surface area contributed by atoms with Crippen LogP contribution in [0.1, 0.15) is 106 Å². The van der Waals surface area contributed by atoms with Crippen LogP contribution in [0, 0.1) is 5.82 Å². The predicted molar refractivity (Wildman–Crippen MR) is 194 cm³/mol. The van der Waals surface area contributed by atoms with Crippen molar-refractivity contribution in [2.75, 3.05) is 0 Å². The summed E-state index contributed by atoms with van der Waals surface area (Å²) in [5.74, 6) is -2.85. The van der Waals surface area contributed by atoms with Gasteiger partial charge in [0, 0.05) is 36.2 Å². The number of rotatable bonds is 12. The number of hydrogen-bond donors (Lipinski definition) is 1. The summed E-state index contributed by atoms with van der Waals surface area (Å²) >= 11 is 0. The smallest absolute Gasteiger partial charge is 0.335 e. The molecule has 1 saturated heterocycles. The molecule has 0 spiro atoms. The van der Waals surface area contributed by atoms with Gasteiger partial charge in [0.2, 0.25) is 0 Å². The monoisotopic (exact) mass is 697 g/mol. The van der Waals surface area contributed by atoms with Crippen LogP contribution >= 0.6 is 0 Å². The normalized spacial score (nSPS) is 17.4. The molecule has 4 aromatic rings. The predicted octanol–water partition coefficient (Wildman–Crippen LogP) is 9.24. The van der Waals surface area contributed by atoms with Gasteiger partial charge in [-0.3, -0.25) is 9.59 Å². The number of esters is 1. The van der Waals surface area contributed by atoms with Crippen LogP contribution in [0.4, 0.5) is 4.39 Å². The highest BCUT2D eigenvalue weighted by Gasteiger charge is 2.38. The van der Waals surface area contributed by atoms with E-state index in [0.717, 1.165) is 28.1 Å². The Balaban J connectivity index is 1.59. The molecule has 3 aromatic carbocycles. The number of carbonyl (C=O) groups is 3. The molecule has 1 aromatic heterocycles. The topological polar surface area (TPSA) is 104 Å². The standard InChI is InChI=1S/C42H48FNO7/c1-26(2)38-37(34(45)23-27-13-15-30(16-14-27)40(47)48)36(28-11-9-8-10-12-28)39(29-17-19-31(43)20-18-29)44(38)22-21-32-24-33(50-42(6,7)49-32)25-35(46)51-41(3,4)5/h8-20,26,32-33H,21-25H2,1-7H3,(H,47,48)/t32-,33-/m1/s1. The molecule has 2 atom stereocenters. The van der Waals surface area contributed by atoms with Crippen molar-refractivity contribution in [1.29, 1.82) is 0 Å². The number of halogens is 1. The van der Waals surface area contributed by atoms with Crippen LogP contribution in [0.2, 0.25) is 0 Å². The molecule has 0 bridgehead atoms. The van der Waals surface area contributed by atoms with Crippen LogP contribution < -0.4 is 0 Å². The summed E-state index contributed by atoms with van der Waals surface area (Å²) in [6.45, 7) is 13.8. The van der Waals surface area contributed by atoms with Gasteiger partial charge in [0.05, 0.1) is 29.9 Å². The van der Waals surface area contributed by atoms with Crippen molar-refractivity contribution in [3.63, 3.8) is 0 Å². The summed E-state index contributed by atoms with van der Waals surface area (Å²) in [7, 11) is 0. The lowest BCUT2D eigenvalue weighted by Crippen LogP contribution is -2.46. The van der Waals surface area contributed by atoms with Gasteiger partial charge in [-0.25, -0.2) is 9.18 Å². The van der Waals surface area contributed by atoms with Gasteiger partial charge in [-0.05, 0) is 100 Å². The molecule has 2 heterocycles. The number of ether oxygens (including phenoxy) is 3. The van der Waals surface area contributed by atoms with E-state index in [1.54, 1.807) is 24.3 Å². The van der Waals surface area contributed by atoms with Crippen molar-refractivity contribution in [3.8, 4) is 22.4 Å². The van der Waals surface area contributed by atoms with Gasteiger partial charge >= 0.3 is 11.9 Å². The Morgan fingerprint density at radius 2 is 1.55 bits per heavy atom. The van der Waals surface area contributed by atoms with Gasteiger partial charge in [0.15, 0.2) is 11.6 Å². The number of carbonyl (C=O) groups excluding carboxylic acids is 2. The zero-order chi connectivity index (χ0) is 37.1. The Hall–Kier alpha value is -4.60. The highest BCUT2D eigenvalue weighted by Crippen LogP contribution is 2.43. The summed E-state index contributed by atoms with van der Waals surface area (Å²) in [5, 5.41) is 9.39. The van der Waals surface area contributed by atoms with Crippen molar-refractivity contribution < 1.29 is 38.1 Å². The molecule has 0 unspecified atom stereocenters. The Labute approximate surface area is 299 Å². The van der Waals surface area contributed by atoms with Gasteiger partial charge in [0.1, 0.15) is 11.4 Å². The molecular formula is C42H48FNO7. The lowest BCUT2D eigenvalue weighted by atomic mass is 9.90. The van der Waals surface area contributed by atoms with Crippen LogP contribution in [0.5, 0.6) is 0 Å². The number of ketones is 1. The van der Waals surface area contributed by atoms with E-state index >= 15 is 0 Å². The highest BCUT2D eigenvalue weighted by molar-refractivity contribution is 6.08. The van der Waals surface area contributed by atoms with Crippen molar-refractivity contribution in [2.24, 2.45) is 0 Å². The molecule has 0 radical (unpaired) electrons. The van der Waals surface area contributed by atoms with Crippen molar-refractivity contribution in [1.82, 2.24) is 4.57 Å². The number of aromatic nitrogens is 1. The molecule has 8 nitrogen and oxygen atoms in total. The molecular weight excluding hydrogens is 649 g/mol. The second-order valence-corrected chi connectivity index (χ2v) is 15.0. The fourth-order valence-corrected chi connectivity index (χ4v) is 6.95. The first kappa shape index (κ1) is 37.7. The zero-order valence-corrected chi connectivity index (χ0v) is 30.5. The maximum absolute atomic E-state index is 14.6. The van der Waals surface area contributed by atoms with Crippen molar-refractivity contribution in [2.45, 2.75) is 110 Å². The minimum atomic E-state index is -1.03. The summed E-state index contributed by atoms with van der Waals surface area (Å²) < 4.78 is 34.6.